The highest BCUT2D eigenvalue weighted by Gasteiger charge is 2.57. The van der Waals surface area contributed by atoms with E-state index in [-0.39, 0.29) is 84.0 Å². The van der Waals surface area contributed by atoms with E-state index in [0.29, 0.717) is 36.1 Å². The molecule has 6 heterocycles. The average molecular weight is 799 g/mol. The van der Waals surface area contributed by atoms with Crippen molar-refractivity contribution in [3.63, 3.8) is 0 Å². The first-order valence-electron chi connectivity index (χ1n) is 21.8. The Morgan fingerprint density at radius 3 is 1.31 bits per heavy atom. The molecule has 2 saturated carbocycles. The number of hydrogen-bond donors (Lipinski definition) is 2. The molecule has 2 aliphatic carbocycles. The second-order valence-corrected chi connectivity index (χ2v) is 18.2. The molecule has 2 N–H and O–H groups in total. The van der Waals surface area contributed by atoms with Gasteiger partial charge in [-0.2, -0.15) is 0 Å². The number of pyridine rings is 2. The zero-order valence-corrected chi connectivity index (χ0v) is 35.5. The molecule has 0 bridgehead atoms. The van der Waals surface area contributed by atoms with Crippen LogP contribution in [0.3, 0.4) is 0 Å². The van der Waals surface area contributed by atoms with Gasteiger partial charge in [-0.1, -0.05) is 50.0 Å². The number of aromatic nitrogens is 2. The summed E-state index contributed by atoms with van der Waals surface area (Å²) < 4.78 is 3.76. The number of likely N-dealkylation sites (N-methyl/N-ethyl adjacent to an activating group) is 2. The third kappa shape index (κ3) is 7.58. The minimum Gasteiger partial charge on any atom is -0.396 e. The number of aliphatic hydroxyl groups is 2. The third-order valence-corrected chi connectivity index (χ3v) is 14.4. The first-order chi connectivity index (χ1) is 27.9. The Kier molecular flexibility index (Phi) is 13.0. The molecule has 2 amide bonds. The van der Waals surface area contributed by atoms with Gasteiger partial charge in [-0.3, -0.25) is 29.0 Å². The van der Waals surface area contributed by atoms with Gasteiger partial charge in [0.25, 0.3) is 11.1 Å². The van der Waals surface area contributed by atoms with Gasteiger partial charge in [0.05, 0.1) is 24.2 Å². The van der Waals surface area contributed by atoms with Crippen LogP contribution in [0.5, 0.6) is 0 Å². The predicted octanol–water partition coefficient (Wildman–Crippen LogP) is 4.25. The van der Waals surface area contributed by atoms with E-state index in [1.807, 2.05) is 59.4 Å². The summed E-state index contributed by atoms with van der Waals surface area (Å²) in [5.74, 6) is 1.18. The quantitative estimate of drug-likeness (QED) is 0.365. The van der Waals surface area contributed by atoms with Gasteiger partial charge in [0.2, 0.25) is 11.8 Å². The Morgan fingerprint density at radius 2 is 1.00 bits per heavy atom. The first-order valence-corrected chi connectivity index (χ1v) is 21.8. The molecule has 0 spiro atoms. The summed E-state index contributed by atoms with van der Waals surface area (Å²) in [6.45, 7) is 6.65. The van der Waals surface area contributed by atoms with Crippen molar-refractivity contribution in [3.05, 3.63) is 79.6 Å². The fourth-order valence-corrected chi connectivity index (χ4v) is 11.7. The third-order valence-electron chi connectivity index (χ3n) is 14.4. The lowest BCUT2D eigenvalue weighted by Gasteiger charge is -2.34. The first kappa shape index (κ1) is 42.3. The van der Waals surface area contributed by atoms with Crippen molar-refractivity contribution >= 4 is 24.0 Å². The lowest BCUT2D eigenvalue weighted by Crippen LogP contribution is -2.49. The average Bonchev–Trinajstić information content (AvgIpc) is 4.06. The standard InChI is InChI=1S/2C23H33N3O3/c2*1-4-7-16-10-11-19-20-17(13-25(19)22(16)28)18(14-27)21(23(29)24(2)3)26(20)12-15-8-5-6-9-15/h2*4,7,10-11,15,17-18,20-21,27H,5-6,8-9,12-14H2,1-3H3/b7-4+;7-4-/t2*17-,18-,20+,21-/m00/s1. The SMILES string of the molecule is C/C=C/c1ccc2n(c1=O)C[C@H]1[C@H](CO)[C@@H](C(=O)N(C)C)N(CC3CCCC3)[C@@H]21.C/C=C\c1ccc2n(c1=O)C[C@H]1[C@H](CO)[C@@H](C(=O)N(C)C)N(CC3CCCC3)[C@@H]21. The molecule has 2 aromatic heterocycles. The molecule has 6 aliphatic rings. The summed E-state index contributed by atoms with van der Waals surface area (Å²) in [4.78, 5) is 60.3. The molecule has 0 radical (unpaired) electrons. The van der Waals surface area contributed by atoms with Crippen LogP contribution in [0.25, 0.3) is 12.2 Å². The monoisotopic (exact) mass is 799 g/mol. The van der Waals surface area contributed by atoms with Crippen molar-refractivity contribution in [1.82, 2.24) is 28.7 Å². The van der Waals surface area contributed by atoms with Gasteiger partial charge in [0.1, 0.15) is 0 Å². The van der Waals surface area contributed by atoms with E-state index < -0.39 is 0 Å². The number of amides is 2. The Hall–Kier alpha value is -3.84. The highest BCUT2D eigenvalue weighted by molar-refractivity contribution is 5.83. The van der Waals surface area contributed by atoms with E-state index in [1.54, 1.807) is 38.0 Å². The van der Waals surface area contributed by atoms with Gasteiger partial charge >= 0.3 is 0 Å². The van der Waals surface area contributed by atoms with Crippen LogP contribution in [0.4, 0.5) is 0 Å². The molecule has 0 unspecified atom stereocenters. The minimum atomic E-state index is -0.315. The summed E-state index contributed by atoms with van der Waals surface area (Å²) in [7, 11) is 7.17. The highest BCUT2D eigenvalue weighted by atomic mass is 16.3. The maximum Gasteiger partial charge on any atom is 0.258 e. The van der Waals surface area contributed by atoms with Crippen LogP contribution >= 0.6 is 0 Å². The molecule has 2 saturated heterocycles. The molecule has 2 aromatic rings. The number of carbonyl (C=O) groups excluding carboxylic acids is 2. The molecule has 12 heteroatoms. The zero-order valence-electron chi connectivity index (χ0n) is 35.5. The summed E-state index contributed by atoms with van der Waals surface area (Å²) >= 11 is 0. The molecular formula is C46H66N6O6. The Balaban J connectivity index is 0.000000177. The van der Waals surface area contributed by atoms with Crippen molar-refractivity contribution in [2.24, 2.45) is 35.5 Å². The Morgan fingerprint density at radius 1 is 0.638 bits per heavy atom. The summed E-state index contributed by atoms with van der Waals surface area (Å²) in [5.41, 5.74) is 3.45. The molecule has 0 aromatic carbocycles. The van der Waals surface area contributed by atoms with Crippen LogP contribution in [0.15, 0.2) is 46.0 Å². The molecule has 58 heavy (non-hydrogen) atoms. The molecular weight excluding hydrogens is 733 g/mol. The van der Waals surface area contributed by atoms with Crippen LogP contribution < -0.4 is 11.1 Å². The topological polar surface area (TPSA) is 132 Å². The lowest BCUT2D eigenvalue weighted by molar-refractivity contribution is -0.136. The maximum absolute atomic E-state index is 13.1. The Labute approximate surface area is 343 Å². The Bertz CT molecular complexity index is 1850. The molecule has 4 aliphatic heterocycles. The molecule has 4 fully saturated rings. The molecule has 12 nitrogen and oxygen atoms in total. The van der Waals surface area contributed by atoms with E-state index in [9.17, 15) is 29.4 Å². The zero-order chi connectivity index (χ0) is 41.4. The van der Waals surface area contributed by atoms with Crippen molar-refractivity contribution < 1.29 is 19.8 Å². The fraction of sp³-hybridized carbons (Fsp3) is 0.652. The van der Waals surface area contributed by atoms with Gasteiger partial charge in [-0.05, 0) is 75.6 Å². The van der Waals surface area contributed by atoms with Gasteiger partial charge in [0, 0.05) is 114 Å². The second-order valence-electron chi connectivity index (χ2n) is 18.2. The number of carbonyl (C=O) groups is 2. The summed E-state index contributed by atoms with van der Waals surface area (Å²) in [5, 5.41) is 20.6. The lowest BCUT2D eigenvalue weighted by atomic mass is 9.88. The van der Waals surface area contributed by atoms with Crippen LogP contribution in [-0.2, 0) is 22.7 Å². The van der Waals surface area contributed by atoms with E-state index >= 15 is 0 Å². The van der Waals surface area contributed by atoms with Gasteiger partial charge in [-0.25, -0.2) is 0 Å². The van der Waals surface area contributed by atoms with Gasteiger partial charge < -0.3 is 29.1 Å². The van der Waals surface area contributed by atoms with Crippen LogP contribution in [-0.4, -0.2) is 117 Å². The van der Waals surface area contributed by atoms with Crippen LogP contribution in [0.1, 0.15) is 99.8 Å². The van der Waals surface area contributed by atoms with E-state index in [1.165, 1.54) is 51.4 Å². The maximum atomic E-state index is 13.1. The van der Waals surface area contributed by atoms with Crippen molar-refractivity contribution in [3.8, 4) is 0 Å². The van der Waals surface area contributed by atoms with Crippen molar-refractivity contribution in [2.45, 2.75) is 102 Å². The normalized spacial score (nSPS) is 29.5. The number of fused-ring (bicyclic) bond motifs is 6. The summed E-state index contributed by atoms with van der Waals surface area (Å²) in [6.07, 6.45) is 17.3. The van der Waals surface area contributed by atoms with Crippen LogP contribution in [0.2, 0.25) is 0 Å². The molecule has 8 atom stereocenters. The largest absolute Gasteiger partial charge is 0.396 e. The van der Waals surface area contributed by atoms with E-state index in [0.717, 1.165) is 24.5 Å². The van der Waals surface area contributed by atoms with Crippen molar-refractivity contribution in [1.29, 1.82) is 0 Å². The number of nitrogens with zero attached hydrogens (tertiary/aromatic N) is 6. The molecule has 316 valence electrons. The predicted molar refractivity (Wildman–Crippen MR) is 227 cm³/mol. The number of likely N-dealkylation sites (tertiary alicyclic amines) is 2. The van der Waals surface area contributed by atoms with Crippen molar-refractivity contribution in [2.75, 3.05) is 54.5 Å². The van der Waals surface area contributed by atoms with E-state index in [2.05, 4.69) is 21.9 Å². The fourth-order valence-electron chi connectivity index (χ4n) is 11.7. The summed E-state index contributed by atoms with van der Waals surface area (Å²) in [6, 6.07) is 7.33. The highest BCUT2D eigenvalue weighted by Crippen LogP contribution is 2.52. The molecule has 8 rings (SSSR count). The smallest absolute Gasteiger partial charge is 0.258 e. The van der Waals surface area contributed by atoms with Gasteiger partial charge in [0.15, 0.2) is 0 Å². The van der Waals surface area contributed by atoms with Gasteiger partial charge in [-0.15, -0.1) is 0 Å². The minimum absolute atomic E-state index is 0.0222. The van der Waals surface area contributed by atoms with E-state index in [4.69, 9.17) is 0 Å². The number of allylic oxidation sites excluding steroid dienone is 2. The number of hydrogen-bond acceptors (Lipinski definition) is 8. The second kappa shape index (κ2) is 17.8. The van der Waals surface area contributed by atoms with Crippen LogP contribution in [0, 0.1) is 35.5 Å². The number of rotatable bonds is 10. The number of aliphatic hydroxyl groups excluding tert-OH is 2.